The summed E-state index contributed by atoms with van der Waals surface area (Å²) in [6, 6.07) is 9.19. The summed E-state index contributed by atoms with van der Waals surface area (Å²) in [7, 11) is 0. The molecule has 0 saturated carbocycles. The zero-order chi connectivity index (χ0) is 16.3. The number of ether oxygens (including phenoxy) is 1. The standard InChI is InChI=1S/C16H14Br2ClNO2/c1-9-6-13(15(18)10(2)16(9)19)22-8-14(21)20-12-5-3-4-11(17)7-12/h3-7H,8H2,1-2H3,(H,20,21). The summed E-state index contributed by atoms with van der Waals surface area (Å²) < 4.78 is 7.25. The van der Waals surface area contributed by atoms with Crippen LogP contribution in [0.15, 0.2) is 39.3 Å². The molecule has 3 nitrogen and oxygen atoms in total. The molecular formula is C16H14Br2ClNO2. The van der Waals surface area contributed by atoms with E-state index < -0.39 is 0 Å². The highest BCUT2D eigenvalue weighted by atomic mass is 79.9. The van der Waals surface area contributed by atoms with E-state index in [9.17, 15) is 4.79 Å². The van der Waals surface area contributed by atoms with Crippen molar-refractivity contribution in [2.24, 2.45) is 0 Å². The Balaban J connectivity index is 2.03. The molecule has 6 heteroatoms. The van der Waals surface area contributed by atoms with E-state index in [2.05, 4.69) is 37.2 Å². The Labute approximate surface area is 151 Å². The van der Waals surface area contributed by atoms with Crippen molar-refractivity contribution in [3.63, 3.8) is 0 Å². The minimum atomic E-state index is -0.227. The molecule has 1 amide bonds. The van der Waals surface area contributed by atoms with Gasteiger partial charge in [0.25, 0.3) is 5.91 Å². The minimum absolute atomic E-state index is 0.0778. The minimum Gasteiger partial charge on any atom is -0.483 e. The monoisotopic (exact) mass is 445 g/mol. The second-order valence-corrected chi connectivity index (χ2v) is 6.88. The first-order chi connectivity index (χ1) is 10.4. The SMILES string of the molecule is Cc1cc(OCC(=O)Nc2cccc(Br)c2)c(Br)c(C)c1Cl. The molecule has 0 atom stereocenters. The molecule has 0 spiro atoms. The molecule has 0 aliphatic heterocycles. The van der Waals surface area contributed by atoms with Crippen molar-refractivity contribution in [2.45, 2.75) is 13.8 Å². The lowest BCUT2D eigenvalue weighted by Gasteiger charge is -2.13. The Hall–Kier alpha value is -1.04. The summed E-state index contributed by atoms with van der Waals surface area (Å²) in [6.45, 7) is 3.72. The van der Waals surface area contributed by atoms with E-state index >= 15 is 0 Å². The summed E-state index contributed by atoms with van der Waals surface area (Å²) in [5, 5.41) is 3.47. The van der Waals surface area contributed by atoms with E-state index in [0.29, 0.717) is 16.5 Å². The van der Waals surface area contributed by atoms with Crippen LogP contribution in [-0.4, -0.2) is 12.5 Å². The fraction of sp³-hybridized carbons (Fsp3) is 0.188. The van der Waals surface area contributed by atoms with Crippen LogP contribution in [0, 0.1) is 13.8 Å². The highest BCUT2D eigenvalue weighted by Crippen LogP contribution is 2.35. The van der Waals surface area contributed by atoms with Crippen LogP contribution in [0.3, 0.4) is 0 Å². The Morgan fingerprint density at radius 3 is 2.68 bits per heavy atom. The van der Waals surface area contributed by atoms with Crippen LogP contribution in [-0.2, 0) is 4.79 Å². The normalized spacial score (nSPS) is 10.4. The van der Waals surface area contributed by atoms with Crippen LogP contribution in [0.25, 0.3) is 0 Å². The number of rotatable bonds is 4. The van der Waals surface area contributed by atoms with Gasteiger partial charge in [-0.1, -0.05) is 33.6 Å². The zero-order valence-corrected chi connectivity index (χ0v) is 16.0. The molecule has 2 aromatic carbocycles. The van der Waals surface area contributed by atoms with Crippen molar-refractivity contribution in [3.05, 3.63) is 55.4 Å². The van der Waals surface area contributed by atoms with Gasteiger partial charge < -0.3 is 10.1 Å². The Morgan fingerprint density at radius 1 is 1.27 bits per heavy atom. The Bertz CT molecular complexity index is 720. The Kier molecular flexibility index (Phi) is 5.89. The van der Waals surface area contributed by atoms with Gasteiger partial charge in [-0.25, -0.2) is 0 Å². The summed E-state index contributed by atoms with van der Waals surface area (Å²) >= 11 is 13.0. The first-order valence-electron chi connectivity index (χ1n) is 6.52. The highest BCUT2D eigenvalue weighted by molar-refractivity contribution is 9.10. The first kappa shape index (κ1) is 17.3. The second-order valence-electron chi connectivity index (χ2n) is 4.79. The molecule has 22 heavy (non-hydrogen) atoms. The molecule has 0 radical (unpaired) electrons. The smallest absolute Gasteiger partial charge is 0.262 e. The van der Waals surface area contributed by atoms with Gasteiger partial charge in [0.2, 0.25) is 0 Å². The van der Waals surface area contributed by atoms with Crippen LogP contribution in [0.2, 0.25) is 5.02 Å². The van der Waals surface area contributed by atoms with Crippen molar-refractivity contribution in [1.29, 1.82) is 0 Å². The number of nitrogens with one attached hydrogen (secondary N) is 1. The molecule has 2 aromatic rings. The van der Waals surface area contributed by atoms with Gasteiger partial charge in [0.1, 0.15) is 5.75 Å². The van der Waals surface area contributed by atoms with Gasteiger partial charge in [-0.05, 0) is 65.2 Å². The first-order valence-corrected chi connectivity index (χ1v) is 8.48. The third-order valence-electron chi connectivity index (χ3n) is 3.04. The van der Waals surface area contributed by atoms with Crippen molar-refractivity contribution in [2.75, 3.05) is 11.9 Å². The predicted molar refractivity (Wildman–Crippen MR) is 96.9 cm³/mol. The number of carbonyl (C=O) groups is 1. The molecule has 0 bridgehead atoms. The second kappa shape index (κ2) is 7.49. The van der Waals surface area contributed by atoms with E-state index in [1.54, 1.807) is 0 Å². The number of hydrogen-bond donors (Lipinski definition) is 1. The average Bonchev–Trinajstić information content (AvgIpc) is 2.47. The van der Waals surface area contributed by atoms with Crippen LogP contribution in [0.4, 0.5) is 5.69 Å². The lowest BCUT2D eigenvalue weighted by Crippen LogP contribution is -2.20. The number of hydrogen-bond acceptors (Lipinski definition) is 2. The van der Waals surface area contributed by atoms with E-state index in [1.165, 1.54) is 0 Å². The zero-order valence-electron chi connectivity index (χ0n) is 12.0. The maximum atomic E-state index is 12.0. The van der Waals surface area contributed by atoms with E-state index in [4.69, 9.17) is 16.3 Å². The maximum Gasteiger partial charge on any atom is 0.262 e. The fourth-order valence-electron chi connectivity index (χ4n) is 1.91. The lowest BCUT2D eigenvalue weighted by atomic mass is 10.1. The number of halogens is 3. The molecule has 0 fully saturated rings. The van der Waals surface area contributed by atoms with Gasteiger partial charge in [0.05, 0.1) is 4.47 Å². The molecule has 0 aliphatic rings. The third kappa shape index (κ3) is 4.24. The fourth-order valence-corrected chi connectivity index (χ4v) is 3.00. The van der Waals surface area contributed by atoms with Gasteiger partial charge in [0.15, 0.2) is 6.61 Å². The highest BCUT2D eigenvalue weighted by Gasteiger charge is 2.12. The third-order valence-corrected chi connectivity index (χ3v) is 5.10. The molecule has 2 rings (SSSR count). The summed E-state index contributed by atoms with van der Waals surface area (Å²) in [5.74, 6) is 0.374. The van der Waals surface area contributed by atoms with Crippen LogP contribution in [0.1, 0.15) is 11.1 Å². The van der Waals surface area contributed by atoms with E-state index in [1.807, 2.05) is 44.2 Å². The number of anilines is 1. The molecule has 0 heterocycles. The van der Waals surface area contributed by atoms with Crippen molar-refractivity contribution in [1.82, 2.24) is 0 Å². The lowest BCUT2D eigenvalue weighted by molar-refractivity contribution is -0.118. The molecule has 116 valence electrons. The number of carbonyl (C=O) groups excluding carboxylic acids is 1. The van der Waals surface area contributed by atoms with Crippen molar-refractivity contribution >= 4 is 55.1 Å². The molecule has 1 N–H and O–H groups in total. The molecule has 0 saturated heterocycles. The number of amides is 1. The van der Waals surface area contributed by atoms with Crippen LogP contribution < -0.4 is 10.1 Å². The molecule has 0 aromatic heterocycles. The molecule has 0 aliphatic carbocycles. The average molecular weight is 448 g/mol. The quantitative estimate of drug-likeness (QED) is 0.672. The van der Waals surface area contributed by atoms with Gasteiger partial charge in [0, 0.05) is 15.2 Å². The topological polar surface area (TPSA) is 38.3 Å². The van der Waals surface area contributed by atoms with Gasteiger partial charge >= 0.3 is 0 Å². The molecule has 0 unspecified atom stereocenters. The largest absolute Gasteiger partial charge is 0.483 e. The summed E-state index contributed by atoms with van der Waals surface area (Å²) in [5.41, 5.74) is 2.51. The number of aryl methyl sites for hydroxylation is 1. The van der Waals surface area contributed by atoms with Crippen molar-refractivity contribution in [3.8, 4) is 5.75 Å². The maximum absolute atomic E-state index is 12.0. The van der Waals surface area contributed by atoms with Crippen molar-refractivity contribution < 1.29 is 9.53 Å². The van der Waals surface area contributed by atoms with E-state index in [-0.39, 0.29) is 12.5 Å². The number of benzene rings is 2. The Morgan fingerprint density at radius 2 is 2.00 bits per heavy atom. The summed E-state index contributed by atoms with van der Waals surface area (Å²) in [6.07, 6.45) is 0. The van der Waals surface area contributed by atoms with Crippen LogP contribution >= 0.6 is 43.5 Å². The van der Waals surface area contributed by atoms with Crippen LogP contribution in [0.5, 0.6) is 5.75 Å². The summed E-state index contributed by atoms with van der Waals surface area (Å²) in [4.78, 5) is 12.0. The molecular weight excluding hydrogens is 433 g/mol. The van der Waals surface area contributed by atoms with Gasteiger partial charge in [-0.2, -0.15) is 0 Å². The predicted octanol–water partition coefficient (Wildman–Crippen LogP) is 5.50. The van der Waals surface area contributed by atoms with E-state index in [0.717, 1.165) is 20.1 Å². The van der Waals surface area contributed by atoms with Gasteiger partial charge in [-0.3, -0.25) is 4.79 Å². The van der Waals surface area contributed by atoms with Gasteiger partial charge in [-0.15, -0.1) is 0 Å².